The van der Waals surface area contributed by atoms with Gasteiger partial charge >= 0.3 is 0 Å². The SMILES string of the molecule is CC1CCC2CC[C@H](NC(=O)[C@@H]3CCCO3)[C@H](Cc3cccc(-c4cccc(F)c4)c3)N2C1=O. The first kappa shape index (κ1) is 23.0. The lowest BCUT2D eigenvalue weighted by atomic mass is 9.80. The predicted octanol–water partition coefficient (Wildman–Crippen LogP) is 4.49. The average molecular weight is 465 g/mol. The van der Waals surface area contributed by atoms with Crippen LogP contribution in [-0.2, 0) is 20.7 Å². The maximum absolute atomic E-state index is 13.8. The molecule has 5 rings (SSSR count). The molecule has 180 valence electrons. The van der Waals surface area contributed by atoms with Crippen molar-refractivity contribution in [1.82, 2.24) is 10.2 Å². The number of rotatable bonds is 5. The van der Waals surface area contributed by atoms with Gasteiger partial charge < -0.3 is 15.0 Å². The van der Waals surface area contributed by atoms with Gasteiger partial charge in [-0.25, -0.2) is 4.39 Å². The number of fused-ring (bicyclic) bond motifs is 1. The molecule has 3 aliphatic heterocycles. The van der Waals surface area contributed by atoms with Crippen LogP contribution in [0.1, 0.15) is 51.0 Å². The van der Waals surface area contributed by atoms with Crippen molar-refractivity contribution in [3.05, 3.63) is 59.9 Å². The molecule has 0 radical (unpaired) electrons. The van der Waals surface area contributed by atoms with Crippen LogP contribution in [0.25, 0.3) is 11.1 Å². The molecule has 3 heterocycles. The van der Waals surface area contributed by atoms with Gasteiger partial charge in [0.15, 0.2) is 0 Å². The van der Waals surface area contributed by atoms with E-state index in [1.54, 1.807) is 6.07 Å². The zero-order valence-electron chi connectivity index (χ0n) is 19.7. The fourth-order valence-corrected chi connectivity index (χ4v) is 5.87. The normalized spacial score (nSPS) is 29.1. The Morgan fingerprint density at radius 1 is 1.06 bits per heavy atom. The minimum Gasteiger partial charge on any atom is -0.368 e. The quantitative estimate of drug-likeness (QED) is 0.710. The van der Waals surface area contributed by atoms with Crippen LogP contribution >= 0.6 is 0 Å². The van der Waals surface area contributed by atoms with E-state index in [9.17, 15) is 14.0 Å². The van der Waals surface area contributed by atoms with Gasteiger partial charge in [-0.3, -0.25) is 9.59 Å². The van der Waals surface area contributed by atoms with Gasteiger partial charge in [0.2, 0.25) is 11.8 Å². The first-order chi connectivity index (χ1) is 16.5. The van der Waals surface area contributed by atoms with Crippen molar-refractivity contribution in [3.8, 4) is 11.1 Å². The summed E-state index contributed by atoms with van der Waals surface area (Å²) in [4.78, 5) is 28.3. The van der Waals surface area contributed by atoms with E-state index in [4.69, 9.17) is 4.74 Å². The van der Waals surface area contributed by atoms with Crippen molar-refractivity contribution in [2.24, 2.45) is 5.92 Å². The summed E-state index contributed by atoms with van der Waals surface area (Å²) in [6.07, 6.45) is 5.63. The van der Waals surface area contributed by atoms with Gasteiger partial charge in [0.25, 0.3) is 0 Å². The monoisotopic (exact) mass is 464 g/mol. The number of carbonyl (C=O) groups excluding carboxylic acids is 2. The van der Waals surface area contributed by atoms with Crippen LogP contribution in [0.5, 0.6) is 0 Å². The largest absolute Gasteiger partial charge is 0.368 e. The Kier molecular flexibility index (Phi) is 6.68. The summed E-state index contributed by atoms with van der Waals surface area (Å²) in [5.74, 6) is -0.122. The van der Waals surface area contributed by atoms with Gasteiger partial charge in [0, 0.05) is 24.6 Å². The molecule has 2 amide bonds. The zero-order valence-corrected chi connectivity index (χ0v) is 19.7. The summed E-state index contributed by atoms with van der Waals surface area (Å²) in [5.41, 5.74) is 2.85. The molecule has 3 aliphatic rings. The van der Waals surface area contributed by atoms with E-state index >= 15 is 0 Å². The summed E-state index contributed by atoms with van der Waals surface area (Å²) in [6.45, 7) is 2.64. The molecule has 0 spiro atoms. The molecule has 34 heavy (non-hydrogen) atoms. The second-order valence-electron chi connectivity index (χ2n) is 10.1. The molecule has 2 aromatic rings. The molecule has 5 atom stereocenters. The second-order valence-corrected chi connectivity index (χ2v) is 10.1. The minimum atomic E-state index is -0.384. The molecular formula is C28H33FN2O3. The Labute approximate surface area is 200 Å². The van der Waals surface area contributed by atoms with Crippen molar-refractivity contribution in [2.75, 3.05) is 6.61 Å². The van der Waals surface area contributed by atoms with E-state index in [0.717, 1.165) is 55.2 Å². The third-order valence-corrected chi connectivity index (χ3v) is 7.71. The van der Waals surface area contributed by atoms with E-state index in [2.05, 4.69) is 22.3 Å². The lowest BCUT2D eigenvalue weighted by molar-refractivity contribution is -0.149. The maximum Gasteiger partial charge on any atom is 0.249 e. The lowest BCUT2D eigenvalue weighted by Crippen LogP contribution is -2.64. The molecule has 0 saturated carbocycles. The van der Waals surface area contributed by atoms with E-state index in [1.165, 1.54) is 12.1 Å². The fraction of sp³-hybridized carbons (Fsp3) is 0.500. The van der Waals surface area contributed by atoms with Crippen molar-refractivity contribution in [2.45, 2.75) is 76.1 Å². The molecular weight excluding hydrogens is 431 g/mol. The van der Waals surface area contributed by atoms with Crippen LogP contribution in [0, 0.1) is 11.7 Å². The molecule has 6 heteroatoms. The van der Waals surface area contributed by atoms with Crippen LogP contribution in [0.15, 0.2) is 48.5 Å². The van der Waals surface area contributed by atoms with Gasteiger partial charge in [0.05, 0.1) is 6.04 Å². The fourth-order valence-electron chi connectivity index (χ4n) is 5.87. The van der Waals surface area contributed by atoms with Crippen LogP contribution in [-0.4, -0.2) is 47.6 Å². The number of amides is 2. The Morgan fingerprint density at radius 3 is 2.59 bits per heavy atom. The molecule has 2 unspecified atom stereocenters. The molecule has 3 saturated heterocycles. The van der Waals surface area contributed by atoms with Crippen LogP contribution in [0.4, 0.5) is 4.39 Å². The molecule has 2 aromatic carbocycles. The Bertz CT molecular complexity index is 1050. The van der Waals surface area contributed by atoms with E-state index < -0.39 is 0 Å². The standard InChI is InChI=1S/C28H33FN2O3/c1-18-10-11-23-12-13-24(30-27(32)26-9-4-14-34-26)25(31(23)28(18)33)16-19-5-2-6-20(15-19)21-7-3-8-22(29)17-21/h2-3,5-8,15,17-18,23-26H,4,9-14,16H2,1H3,(H,30,32)/t18?,23?,24-,25-,26-/m0/s1. The van der Waals surface area contributed by atoms with Gasteiger partial charge in [-0.2, -0.15) is 0 Å². The van der Waals surface area contributed by atoms with Crippen LogP contribution < -0.4 is 5.32 Å². The first-order valence-corrected chi connectivity index (χ1v) is 12.6. The number of carbonyl (C=O) groups is 2. The Balaban J connectivity index is 1.42. The highest BCUT2D eigenvalue weighted by Gasteiger charge is 2.44. The number of hydrogen-bond donors (Lipinski definition) is 1. The van der Waals surface area contributed by atoms with Crippen LogP contribution in [0.2, 0.25) is 0 Å². The maximum atomic E-state index is 13.8. The number of piperidine rings is 2. The highest BCUT2D eigenvalue weighted by atomic mass is 19.1. The predicted molar refractivity (Wildman–Crippen MR) is 128 cm³/mol. The van der Waals surface area contributed by atoms with Gasteiger partial charge in [0.1, 0.15) is 11.9 Å². The summed E-state index contributed by atoms with van der Waals surface area (Å²) in [6, 6.07) is 14.7. The average Bonchev–Trinajstić information content (AvgIpc) is 3.38. The van der Waals surface area contributed by atoms with E-state index in [0.29, 0.717) is 13.0 Å². The van der Waals surface area contributed by atoms with Gasteiger partial charge in [-0.1, -0.05) is 43.3 Å². The summed E-state index contributed by atoms with van der Waals surface area (Å²) < 4.78 is 19.4. The Hall–Kier alpha value is -2.73. The summed E-state index contributed by atoms with van der Waals surface area (Å²) in [7, 11) is 0. The van der Waals surface area contributed by atoms with E-state index in [-0.39, 0.29) is 47.8 Å². The molecule has 1 N–H and O–H groups in total. The van der Waals surface area contributed by atoms with Crippen molar-refractivity contribution >= 4 is 11.8 Å². The molecule has 5 nitrogen and oxygen atoms in total. The zero-order chi connectivity index (χ0) is 23.7. The van der Waals surface area contributed by atoms with Crippen LogP contribution in [0.3, 0.4) is 0 Å². The van der Waals surface area contributed by atoms with E-state index in [1.807, 2.05) is 25.1 Å². The number of hydrogen-bond acceptors (Lipinski definition) is 3. The number of halogens is 1. The number of nitrogens with one attached hydrogen (secondary N) is 1. The van der Waals surface area contributed by atoms with Gasteiger partial charge in [-0.05, 0) is 73.8 Å². The number of benzene rings is 2. The number of nitrogens with zero attached hydrogens (tertiary/aromatic N) is 1. The second kappa shape index (κ2) is 9.87. The minimum absolute atomic E-state index is 0.00463. The summed E-state index contributed by atoms with van der Waals surface area (Å²) in [5, 5.41) is 3.25. The topological polar surface area (TPSA) is 58.6 Å². The molecule has 3 fully saturated rings. The highest BCUT2D eigenvalue weighted by molar-refractivity contribution is 5.82. The van der Waals surface area contributed by atoms with Crippen molar-refractivity contribution in [3.63, 3.8) is 0 Å². The third kappa shape index (κ3) is 4.74. The summed E-state index contributed by atoms with van der Waals surface area (Å²) >= 11 is 0. The molecule has 0 bridgehead atoms. The number of ether oxygens (including phenoxy) is 1. The smallest absolute Gasteiger partial charge is 0.249 e. The highest BCUT2D eigenvalue weighted by Crippen LogP contribution is 2.35. The Morgan fingerprint density at radius 2 is 1.82 bits per heavy atom. The molecule has 0 aliphatic carbocycles. The third-order valence-electron chi connectivity index (χ3n) is 7.71. The van der Waals surface area contributed by atoms with Crippen molar-refractivity contribution in [1.29, 1.82) is 0 Å². The molecule has 0 aromatic heterocycles. The van der Waals surface area contributed by atoms with Crippen molar-refractivity contribution < 1.29 is 18.7 Å². The lowest BCUT2D eigenvalue weighted by Gasteiger charge is -2.50. The van der Waals surface area contributed by atoms with Gasteiger partial charge in [-0.15, -0.1) is 0 Å². The first-order valence-electron chi connectivity index (χ1n) is 12.6.